The fourth-order valence-corrected chi connectivity index (χ4v) is 3.22. The molecule has 0 saturated carbocycles. The number of methoxy groups -OCH3 is 2. The topological polar surface area (TPSA) is 142 Å². The molecule has 10 nitrogen and oxygen atoms in total. The Morgan fingerprint density at radius 3 is 2.44 bits per heavy atom. The van der Waals surface area contributed by atoms with Crippen molar-refractivity contribution in [2.45, 2.75) is 23.1 Å². The van der Waals surface area contributed by atoms with Crippen molar-refractivity contribution in [2.24, 2.45) is 4.99 Å². The van der Waals surface area contributed by atoms with Gasteiger partial charge in [-0.15, -0.1) is 4.99 Å². The molecule has 166 valence electrons. The number of amides is 3. The summed E-state index contributed by atoms with van der Waals surface area (Å²) in [6.45, 7) is 1.71. The molecule has 0 atom stereocenters. The van der Waals surface area contributed by atoms with Gasteiger partial charge in [-0.25, -0.2) is 9.59 Å². The average Bonchev–Trinajstić information content (AvgIpc) is 2.80. The monoisotopic (exact) mass is 455 g/mol. The Kier molecular flexibility index (Phi) is 9.06. The average molecular weight is 455 g/mol. The van der Waals surface area contributed by atoms with Crippen LogP contribution in [-0.4, -0.2) is 38.3 Å². The van der Waals surface area contributed by atoms with Crippen molar-refractivity contribution in [3.63, 3.8) is 0 Å². The molecule has 0 aromatic heterocycles. The number of ether oxygens (including phenoxy) is 2. The van der Waals surface area contributed by atoms with Crippen LogP contribution in [0.2, 0.25) is 0 Å². The number of anilines is 2. The number of nitrogens with zero attached hydrogens (tertiary/aromatic N) is 2. The second kappa shape index (κ2) is 12.0. The molecule has 0 radical (unpaired) electrons. The van der Waals surface area contributed by atoms with Crippen LogP contribution in [0.15, 0.2) is 57.2 Å². The first-order chi connectivity index (χ1) is 15.4. The molecule has 3 N–H and O–H groups in total. The molecule has 0 saturated heterocycles. The van der Waals surface area contributed by atoms with Crippen LogP contribution in [0.25, 0.3) is 0 Å². The van der Waals surface area contributed by atoms with Gasteiger partial charge in [-0.05, 0) is 36.4 Å². The molecular weight excluding hydrogens is 434 g/mol. The van der Waals surface area contributed by atoms with E-state index in [9.17, 15) is 14.4 Å². The number of aliphatic imine (C=N–C) groups is 1. The van der Waals surface area contributed by atoms with E-state index in [2.05, 4.69) is 36.5 Å². The number of carbonyl (C=O) groups is 3. The normalized spacial score (nSPS) is 10.5. The lowest BCUT2D eigenvalue weighted by atomic mass is 10.2. The van der Waals surface area contributed by atoms with E-state index in [4.69, 9.17) is 5.26 Å². The number of guanidine groups is 1. The summed E-state index contributed by atoms with van der Waals surface area (Å²) in [6.07, 6.45) is -1.57. The number of alkyl carbamates (subject to hydrolysis) is 1. The molecule has 3 amide bonds. The highest BCUT2D eigenvalue weighted by Gasteiger charge is 2.14. The number of hydrogen-bond donors (Lipinski definition) is 3. The van der Waals surface area contributed by atoms with Gasteiger partial charge < -0.3 is 20.1 Å². The van der Waals surface area contributed by atoms with Crippen LogP contribution in [0.4, 0.5) is 21.0 Å². The number of nitrogens with one attached hydrogen (secondary N) is 3. The van der Waals surface area contributed by atoms with Gasteiger partial charge in [0, 0.05) is 16.2 Å². The Balaban J connectivity index is 2.38. The second-order valence-corrected chi connectivity index (χ2v) is 7.17. The van der Waals surface area contributed by atoms with Crippen LogP contribution in [-0.2, 0) is 14.3 Å². The van der Waals surface area contributed by atoms with Crippen molar-refractivity contribution >= 4 is 47.2 Å². The fraction of sp³-hybridized carbons (Fsp3) is 0.190. The lowest BCUT2D eigenvalue weighted by molar-refractivity contribution is -0.115. The van der Waals surface area contributed by atoms with E-state index in [1.54, 1.807) is 43.3 Å². The molecule has 2 aromatic rings. The van der Waals surface area contributed by atoms with Crippen LogP contribution in [0, 0.1) is 11.3 Å². The minimum absolute atomic E-state index is 0.241. The van der Waals surface area contributed by atoms with Crippen molar-refractivity contribution in [3.05, 3.63) is 48.0 Å². The third-order valence-electron chi connectivity index (χ3n) is 3.82. The number of nitriles is 1. The molecule has 0 fully saturated rings. The molecule has 2 aromatic carbocycles. The predicted octanol–water partition coefficient (Wildman–Crippen LogP) is 3.95. The predicted molar refractivity (Wildman–Crippen MR) is 120 cm³/mol. The Morgan fingerprint density at radius 2 is 1.78 bits per heavy atom. The second-order valence-electron chi connectivity index (χ2n) is 6.02. The van der Waals surface area contributed by atoms with Crippen molar-refractivity contribution in [1.29, 1.82) is 5.26 Å². The van der Waals surface area contributed by atoms with Crippen LogP contribution in [0.5, 0.6) is 0 Å². The Bertz CT molecular complexity index is 1080. The first-order valence-corrected chi connectivity index (χ1v) is 10.1. The van der Waals surface area contributed by atoms with E-state index in [0.29, 0.717) is 16.9 Å². The van der Waals surface area contributed by atoms with Gasteiger partial charge >= 0.3 is 12.2 Å². The third kappa shape index (κ3) is 7.33. The Labute approximate surface area is 189 Å². The highest BCUT2D eigenvalue weighted by atomic mass is 32.2. The summed E-state index contributed by atoms with van der Waals surface area (Å²) in [7, 11) is 2.30. The lowest BCUT2D eigenvalue weighted by Gasteiger charge is -2.16. The first-order valence-electron chi connectivity index (χ1n) is 9.29. The summed E-state index contributed by atoms with van der Waals surface area (Å²) < 4.78 is 9.03. The van der Waals surface area contributed by atoms with Crippen molar-refractivity contribution in [3.8, 4) is 6.07 Å². The van der Waals surface area contributed by atoms with Gasteiger partial charge in [0.1, 0.15) is 0 Å². The maximum absolute atomic E-state index is 12.0. The molecule has 2 rings (SSSR count). The van der Waals surface area contributed by atoms with Gasteiger partial charge in [-0.2, -0.15) is 5.26 Å². The minimum Gasteiger partial charge on any atom is -0.453 e. The summed E-state index contributed by atoms with van der Waals surface area (Å²) in [6, 6.07) is 14.3. The van der Waals surface area contributed by atoms with Crippen LogP contribution in [0.1, 0.15) is 18.9 Å². The van der Waals surface area contributed by atoms with Gasteiger partial charge in [0.25, 0.3) is 0 Å². The SMILES string of the molecule is CCC(=O)Nc1cc(Sc2cccc(C#N)c2)ccc1NC(=NC(=O)OC)NC(=O)OC. The molecule has 32 heavy (non-hydrogen) atoms. The van der Waals surface area contributed by atoms with Crippen LogP contribution < -0.4 is 16.0 Å². The highest BCUT2D eigenvalue weighted by Crippen LogP contribution is 2.33. The molecule has 0 unspecified atom stereocenters. The van der Waals surface area contributed by atoms with Crippen molar-refractivity contribution in [2.75, 3.05) is 24.9 Å². The number of benzene rings is 2. The van der Waals surface area contributed by atoms with Gasteiger partial charge in [-0.3, -0.25) is 10.1 Å². The summed E-state index contributed by atoms with van der Waals surface area (Å²) in [4.78, 5) is 40.4. The molecule has 11 heteroatoms. The van der Waals surface area contributed by atoms with E-state index in [0.717, 1.165) is 24.0 Å². The van der Waals surface area contributed by atoms with Crippen molar-refractivity contribution in [1.82, 2.24) is 5.32 Å². The number of rotatable bonds is 5. The zero-order valence-corrected chi connectivity index (χ0v) is 18.4. The molecular formula is C21H21N5O5S. The smallest absolute Gasteiger partial charge is 0.436 e. The molecule has 0 spiro atoms. The van der Waals surface area contributed by atoms with Gasteiger partial charge in [0.05, 0.1) is 37.2 Å². The standard InChI is InChI=1S/C21H21N5O5S/c1-4-18(27)23-17-11-15(32-14-7-5-6-13(10-14)12-22)8-9-16(17)24-19(25-20(28)30-2)26-21(29)31-3/h5-11H,4H2,1-3H3,(H,23,27)(H2,24,25,26,28,29). The molecule has 0 aliphatic heterocycles. The number of hydrogen-bond acceptors (Lipinski definition) is 7. The highest BCUT2D eigenvalue weighted by molar-refractivity contribution is 7.99. The Morgan fingerprint density at radius 1 is 1.03 bits per heavy atom. The van der Waals surface area contributed by atoms with Gasteiger partial charge in [-0.1, -0.05) is 24.8 Å². The summed E-state index contributed by atoms with van der Waals surface area (Å²) in [5.74, 6) is -0.494. The summed E-state index contributed by atoms with van der Waals surface area (Å²) in [5, 5.41) is 16.9. The molecule has 0 bridgehead atoms. The largest absolute Gasteiger partial charge is 0.453 e. The number of carbonyl (C=O) groups excluding carboxylic acids is 3. The fourth-order valence-electron chi connectivity index (χ4n) is 2.30. The minimum atomic E-state index is -0.951. The third-order valence-corrected chi connectivity index (χ3v) is 4.80. The van der Waals surface area contributed by atoms with Gasteiger partial charge in [0.15, 0.2) is 0 Å². The van der Waals surface area contributed by atoms with E-state index in [1.165, 1.54) is 11.8 Å². The summed E-state index contributed by atoms with van der Waals surface area (Å²) >= 11 is 1.40. The van der Waals surface area contributed by atoms with Crippen LogP contribution in [0.3, 0.4) is 0 Å². The molecule has 0 aliphatic rings. The zero-order valence-electron chi connectivity index (χ0n) is 17.6. The molecule has 0 aliphatic carbocycles. The van der Waals surface area contributed by atoms with E-state index >= 15 is 0 Å². The van der Waals surface area contributed by atoms with Gasteiger partial charge in [0.2, 0.25) is 11.9 Å². The maximum Gasteiger partial charge on any atom is 0.436 e. The summed E-state index contributed by atoms with van der Waals surface area (Å²) in [5.41, 5.74) is 1.29. The van der Waals surface area contributed by atoms with E-state index < -0.39 is 12.2 Å². The zero-order chi connectivity index (χ0) is 23.5. The first kappa shape index (κ1) is 24.2. The maximum atomic E-state index is 12.0. The molecule has 0 heterocycles. The van der Waals surface area contributed by atoms with Crippen molar-refractivity contribution < 1.29 is 23.9 Å². The van der Waals surface area contributed by atoms with E-state index in [1.807, 2.05) is 6.07 Å². The lowest BCUT2D eigenvalue weighted by Crippen LogP contribution is -2.36. The Hall–Kier alpha value is -4.04. The van der Waals surface area contributed by atoms with E-state index in [-0.39, 0.29) is 18.3 Å². The quantitative estimate of drug-likeness (QED) is 0.454. The van der Waals surface area contributed by atoms with Crippen LogP contribution >= 0.6 is 11.8 Å².